The minimum atomic E-state index is -0.135. The first kappa shape index (κ1) is 23.7. The first-order chi connectivity index (χ1) is 16.0. The number of benzene rings is 1. The van der Waals surface area contributed by atoms with Crippen molar-refractivity contribution in [1.29, 1.82) is 0 Å². The monoisotopic (exact) mass is 483 g/mol. The van der Waals surface area contributed by atoms with Gasteiger partial charge in [-0.3, -0.25) is 4.79 Å². The molecule has 3 heterocycles. The third kappa shape index (κ3) is 6.12. The summed E-state index contributed by atoms with van der Waals surface area (Å²) in [7, 11) is 0. The maximum atomic E-state index is 13.0. The normalized spacial score (nSPS) is 17.0. The second kappa shape index (κ2) is 11.1. The fraction of sp³-hybridized carbons (Fsp3) is 0.480. The van der Waals surface area contributed by atoms with Crippen molar-refractivity contribution in [1.82, 2.24) is 15.2 Å². The Bertz CT molecular complexity index is 990. The average Bonchev–Trinajstić information content (AvgIpc) is 3.34. The molecule has 2 aliphatic rings. The van der Waals surface area contributed by atoms with Gasteiger partial charge in [-0.25, -0.2) is 4.98 Å². The number of nitrogens with one attached hydrogen (secondary N) is 2. The fourth-order valence-corrected chi connectivity index (χ4v) is 5.65. The fourth-order valence-electron chi connectivity index (χ4n) is 4.42. The van der Waals surface area contributed by atoms with Crippen molar-refractivity contribution in [2.24, 2.45) is 0 Å². The van der Waals surface area contributed by atoms with E-state index in [0.29, 0.717) is 18.2 Å². The van der Waals surface area contributed by atoms with Gasteiger partial charge in [0.05, 0.1) is 16.4 Å². The first-order valence-electron chi connectivity index (χ1n) is 11.8. The van der Waals surface area contributed by atoms with Crippen LogP contribution in [0.5, 0.6) is 0 Å². The summed E-state index contributed by atoms with van der Waals surface area (Å²) in [5, 5.41) is 10.1. The number of carbonyl (C=O) groups excluding carboxylic acids is 1. The van der Waals surface area contributed by atoms with Crippen LogP contribution in [0.3, 0.4) is 0 Å². The Labute approximate surface area is 206 Å². The largest absolute Gasteiger partial charge is 0.370 e. The lowest BCUT2D eigenvalue weighted by Crippen LogP contribution is -2.44. The van der Waals surface area contributed by atoms with Crippen molar-refractivity contribution in [2.45, 2.75) is 44.9 Å². The van der Waals surface area contributed by atoms with E-state index >= 15 is 0 Å². The van der Waals surface area contributed by atoms with Gasteiger partial charge in [0.25, 0.3) is 5.91 Å². The molecule has 2 aromatic rings. The number of hydrogen-bond acceptors (Lipinski definition) is 5. The van der Waals surface area contributed by atoms with Gasteiger partial charge < -0.3 is 20.4 Å². The Balaban J connectivity index is 1.34. The van der Waals surface area contributed by atoms with Crippen molar-refractivity contribution >= 4 is 45.9 Å². The molecule has 1 amide bonds. The highest BCUT2D eigenvalue weighted by atomic mass is 32.1. The highest BCUT2D eigenvalue weighted by Crippen LogP contribution is 2.32. The van der Waals surface area contributed by atoms with E-state index in [1.807, 2.05) is 30.5 Å². The quantitative estimate of drug-likeness (QED) is 0.445. The van der Waals surface area contributed by atoms with Crippen LogP contribution in [0.1, 0.15) is 60.4 Å². The molecule has 2 aliphatic heterocycles. The zero-order chi connectivity index (χ0) is 23.2. The lowest BCUT2D eigenvalue weighted by molar-refractivity contribution is 0.102. The number of para-hydroxylation sites is 2. The van der Waals surface area contributed by atoms with E-state index in [1.165, 1.54) is 19.3 Å². The summed E-state index contributed by atoms with van der Waals surface area (Å²) in [4.78, 5) is 22.3. The molecule has 6 nitrogen and oxygen atoms in total. The van der Waals surface area contributed by atoms with Gasteiger partial charge in [0.15, 0.2) is 5.11 Å². The van der Waals surface area contributed by atoms with E-state index in [1.54, 1.807) is 11.3 Å². The molecule has 1 aromatic heterocycles. The number of thiazole rings is 1. The predicted molar refractivity (Wildman–Crippen MR) is 142 cm³/mol. The van der Waals surface area contributed by atoms with Gasteiger partial charge in [-0.1, -0.05) is 24.3 Å². The molecule has 2 N–H and O–H groups in total. The summed E-state index contributed by atoms with van der Waals surface area (Å²) < 4.78 is 0. The van der Waals surface area contributed by atoms with Crippen LogP contribution in [0.2, 0.25) is 0 Å². The number of carbonyl (C=O) groups is 1. The zero-order valence-corrected chi connectivity index (χ0v) is 20.9. The van der Waals surface area contributed by atoms with Crippen LogP contribution in [-0.4, -0.2) is 53.6 Å². The molecule has 0 atom stereocenters. The van der Waals surface area contributed by atoms with Crippen LogP contribution < -0.4 is 15.5 Å². The second-order valence-electron chi connectivity index (χ2n) is 8.97. The molecule has 0 spiro atoms. The number of thiocarbonyl (C=S) groups is 1. The van der Waals surface area contributed by atoms with E-state index in [-0.39, 0.29) is 5.91 Å². The lowest BCUT2D eigenvalue weighted by Gasteiger charge is -2.33. The van der Waals surface area contributed by atoms with Crippen LogP contribution in [-0.2, 0) is 0 Å². The van der Waals surface area contributed by atoms with Crippen molar-refractivity contribution in [3.05, 3.63) is 52.5 Å². The Morgan fingerprint density at radius 2 is 1.91 bits per heavy atom. The van der Waals surface area contributed by atoms with Gasteiger partial charge in [0.2, 0.25) is 0 Å². The number of anilines is 2. The molecule has 1 aromatic carbocycles. The minimum absolute atomic E-state index is 0.135. The molecule has 176 valence electrons. The number of amides is 1. The minimum Gasteiger partial charge on any atom is -0.370 e. The van der Waals surface area contributed by atoms with E-state index < -0.39 is 0 Å². The summed E-state index contributed by atoms with van der Waals surface area (Å²) in [5.41, 5.74) is 3.54. The standard InChI is InChI=1S/C25H33N5OS2/c1-18(2)16-26-25(32)30-14-10-19(11-15-30)24-28-21(17-33-24)23(31)27-20-8-4-5-9-22(20)29-12-6-3-7-13-29/h4-5,8-9,17,19H,1,3,6-7,10-16H2,2H3,(H,26,32)(H,27,31). The molecule has 33 heavy (non-hydrogen) atoms. The van der Waals surface area contributed by atoms with Gasteiger partial charge in [0.1, 0.15) is 5.69 Å². The first-order valence-corrected chi connectivity index (χ1v) is 13.1. The number of hydrogen-bond donors (Lipinski definition) is 2. The van der Waals surface area contributed by atoms with Crippen molar-refractivity contribution in [3.63, 3.8) is 0 Å². The van der Waals surface area contributed by atoms with Gasteiger partial charge in [-0.2, -0.15) is 0 Å². The van der Waals surface area contributed by atoms with Gasteiger partial charge >= 0.3 is 0 Å². The summed E-state index contributed by atoms with van der Waals surface area (Å²) in [6, 6.07) is 8.08. The SMILES string of the molecule is C=C(C)CNC(=S)N1CCC(c2nc(C(=O)Nc3ccccc3N3CCCCC3)cs2)CC1. The molecule has 0 radical (unpaired) electrons. The summed E-state index contributed by atoms with van der Waals surface area (Å²) in [6.45, 7) is 10.5. The smallest absolute Gasteiger partial charge is 0.275 e. The van der Waals surface area contributed by atoms with Crippen LogP contribution in [0, 0.1) is 0 Å². The number of likely N-dealkylation sites (tertiary alicyclic amines) is 1. The molecule has 0 saturated carbocycles. The van der Waals surface area contributed by atoms with E-state index in [4.69, 9.17) is 17.2 Å². The number of piperidine rings is 2. The van der Waals surface area contributed by atoms with Crippen LogP contribution in [0.25, 0.3) is 0 Å². The summed E-state index contributed by atoms with van der Waals surface area (Å²) in [5.74, 6) is 0.238. The third-order valence-electron chi connectivity index (χ3n) is 6.28. The Morgan fingerprint density at radius 1 is 1.18 bits per heavy atom. The second-order valence-corrected chi connectivity index (χ2v) is 10.2. The zero-order valence-electron chi connectivity index (χ0n) is 19.3. The van der Waals surface area contributed by atoms with Crippen LogP contribution in [0.15, 0.2) is 41.8 Å². The summed E-state index contributed by atoms with van der Waals surface area (Å²) >= 11 is 7.10. The number of nitrogens with zero attached hydrogens (tertiary/aromatic N) is 3. The molecule has 2 saturated heterocycles. The Hall–Kier alpha value is -2.45. The van der Waals surface area contributed by atoms with Gasteiger partial charge in [0, 0.05) is 44.0 Å². The van der Waals surface area contributed by atoms with Crippen LogP contribution >= 0.6 is 23.6 Å². The molecule has 0 unspecified atom stereocenters. The maximum absolute atomic E-state index is 13.0. The molecular formula is C25H33N5OS2. The Kier molecular flexibility index (Phi) is 7.98. The number of aromatic nitrogens is 1. The van der Waals surface area contributed by atoms with E-state index in [2.05, 4.69) is 33.1 Å². The number of rotatable bonds is 6. The lowest BCUT2D eigenvalue weighted by atomic mass is 9.98. The molecule has 8 heteroatoms. The molecule has 4 rings (SSSR count). The molecule has 2 fully saturated rings. The Morgan fingerprint density at radius 3 is 2.64 bits per heavy atom. The highest BCUT2D eigenvalue weighted by molar-refractivity contribution is 7.80. The summed E-state index contributed by atoms with van der Waals surface area (Å²) in [6.07, 6.45) is 5.65. The van der Waals surface area contributed by atoms with Gasteiger partial charge in [-0.05, 0) is 63.4 Å². The highest BCUT2D eigenvalue weighted by Gasteiger charge is 2.25. The molecular weight excluding hydrogens is 450 g/mol. The average molecular weight is 484 g/mol. The van der Waals surface area contributed by atoms with Crippen molar-refractivity contribution in [2.75, 3.05) is 42.9 Å². The van der Waals surface area contributed by atoms with Crippen LogP contribution in [0.4, 0.5) is 11.4 Å². The van der Waals surface area contributed by atoms with Crippen molar-refractivity contribution in [3.8, 4) is 0 Å². The van der Waals surface area contributed by atoms with E-state index in [0.717, 1.165) is 66.1 Å². The topological polar surface area (TPSA) is 60.5 Å². The van der Waals surface area contributed by atoms with Crippen molar-refractivity contribution < 1.29 is 4.79 Å². The predicted octanol–water partition coefficient (Wildman–Crippen LogP) is 5.02. The molecule has 0 bridgehead atoms. The van der Waals surface area contributed by atoms with E-state index in [9.17, 15) is 4.79 Å². The van der Waals surface area contributed by atoms with Gasteiger partial charge in [-0.15, -0.1) is 11.3 Å². The maximum Gasteiger partial charge on any atom is 0.275 e. The molecule has 0 aliphatic carbocycles. The third-order valence-corrected chi connectivity index (χ3v) is 7.69.